The summed E-state index contributed by atoms with van der Waals surface area (Å²) in [6, 6.07) is 1.98. The summed E-state index contributed by atoms with van der Waals surface area (Å²) in [6.07, 6.45) is 13.4. The summed E-state index contributed by atoms with van der Waals surface area (Å²) in [6.45, 7) is 2.74. The van der Waals surface area contributed by atoms with Gasteiger partial charge in [-0.05, 0) is 81.6 Å². The fourth-order valence-corrected chi connectivity index (χ4v) is 6.23. The van der Waals surface area contributed by atoms with E-state index in [1.807, 2.05) is 23.7 Å². The zero-order valence-electron chi connectivity index (χ0n) is 15.6. The van der Waals surface area contributed by atoms with Crippen LogP contribution in [0.15, 0.2) is 18.5 Å². The summed E-state index contributed by atoms with van der Waals surface area (Å²) in [5.41, 5.74) is 3.02. The van der Waals surface area contributed by atoms with Crippen molar-refractivity contribution in [1.82, 2.24) is 19.9 Å². The van der Waals surface area contributed by atoms with Crippen molar-refractivity contribution in [2.75, 3.05) is 6.54 Å². The van der Waals surface area contributed by atoms with E-state index in [0.717, 1.165) is 67.7 Å². The van der Waals surface area contributed by atoms with Gasteiger partial charge in [-0.1, -0.05) is 0 Å². The van der Waals surface area contributed by atoms with E-state index >= 15 is 0 Å². The fraction of sp³-hybridized carbons (Fsp3) is 0.667. The van der Waals surface area contributed by atoms with E-state index in [2.05, 4.69) is 21.6 Å². The van der Waals surface area contributed by atoms with Crippen LogP contribution in [0.1, 0.15) is 56.2 Å². The maximum Gasteiger partial charge on any atom is 0.226 e. The largest absolute Gasteiger partial charge is 0.356 e. The van der Waals surface area contributed by atoms with Gasteiger partial charge in [-0.25, -0.2) is 9.50 Å². The van der Waals surface area contributed by atoms with Gasteiger partial charge in [-0.15, -0.1) is 0 Å². The lowest BCUT2D eigenvalue weighted by Gasteiger charge is -2.55. The van der Waals surface area contributed by atoms with Crippen LogP contribution in [-0.2, 0) is 11.2 Å². The lowest BCUT2D eigenvalue weighted by molar-refractivity contribution is -0.146. The Kier molecular flexibility index (Phi) is 3.80. The Labute approximate surface area is 154 Å². The molecular weight excluding hydrogens is 324 g/mol. The molecule has 2 aromatic heterocycles. The zero-order valence-corrected chi connectivity index (χ0v) is 15.6. The Morgan fingerprint density at radius 3 is 2.62 bits per heavy atom. The van der Waals surface area contributed by atoms with Gasteiger partial charge in [0.25, 0.3) is 0 Å². The van der Waals surface area contributed by atoms with Crippen LogP contribution in [0.4, 0.5) is 0 Å². The Bertz CT molecular complexity index is 804. The van der Waals surface area contributed by atoms with E-state index in [1.54, 1.807) is 0 Å². The molecular formula is C21H28N4O. The van der Waals surface area contributed by atoms with Crippen molar-refractivity contribution in [2.45, 2.75) is 58.3 Å². The predicted octanol–water partition coefficient (Wildman–Crippen LogP) is 3.30. The van der Waals surface area contributed by atoms with Crippen LogP contribution in [0.2, 0.25) is 0 Å². The van der Waals surface area contributed by atoms with Crippen LogP contribution in [0.5, 0.6) is 0 Å². The van der Waals surface area contributed by atoms with Crippen LogP contribution in [0.25, 0.3) is 5.65 Å². The molecule has 1 N–H and O–H groups in total. The minimum Gasteiger partial charge on any atom is -0.356 e. The highest BCUT2D eigenvalue weighted by Gasteiger charge is 2.54. The zero-order chi connectivity index (χ0) is 17.7. The van der Waals surface area contributed by atoms with Gasteiger partial charge in [0.2, 0.25) is 5.91 Å². The summed E-state index contributed by atoms with van der Waals surface area (Å²) < 4.78 is 1.85. The molecule has 2 aromatic rings. The molecule has 4 saturated carbocycles. The quantitative estimate of drug-likeness (QED) is 0.840. The van der Waals surface area contributed by atoms with Crippen LogP contribution in [-0.4, -0.2) is 27.0 Å². The molecule has 138 valence electrons. The maximum atomic E-state index is 12.9. The molecule has 5 heteroatoms. The highest BCUT2D eigenvalue weighted by molar-refractivity contribution is 5.83. The molecule has 0 saturated heterocycles. The van der Waals surface area contributed by atoms with Crippen molar-refractivity contribution in [2.24, 2.45) is 23.2 Å². The first-order valence-electron chi connectivity index (χ1n) is 10.2. The van der Waals surface area contributed by atoms with E-state index in [9.17, 15) is 4.79 Å². The molecule has 5 nitrogen and oxygen atoms in total. The second kappa shape index (κ2) is 6.07. The van der Waals surface area contributed by atoms with Crippen LogP contribution >= 0.6 is 0 Å². The van der Waals surface area contributed by atoms with Crippen molar-refractivity contribution in [3.05, 3.63) is 29.7 Å². The second-order valence-electron chi connectivity index (χ2n) is 9.11. The first-order chi connectivity index (χ1) is 12.6. The van der Waals surface area contributed by atoms with E-state index in [-0.39, 0.29) is 5.41 Å². The smallest absolute Gasteiger partial charge is 0.226 e. The molecule has 0 aliphatic heterocycles. The van der Waals surface area contributed by atoms with Gasteiger partial charge in [-0.2, -0.15) is 5.10 Å². The van der Waals surface area contributed by atoms with Gasteiger partial charge in [-0.3, -0.25) is 4.79 Å². The molecule has 2 heterocycles. The molecule has 0 unspecified atom stereocenters. The summed E-state index contributed by atoms with van der Waals surface area (Å²) in [5, 5.41) is 7.69. The maximum absolute atomic E-state index is 12.9. The molecule has 0 aromatic carbocycles. The molecule has 26 heavy (non-hydrogen) atoms. The Morgan fingerprint density at radius 2 is 1.92 bits per heavy atom. The van der Waals surface area contributed by atoms with E-state index < -0.39 is 0 Å². The molecule has 4 aliphatic rings. The first kappa shape index (κ1) is 16.3. The highest BCUT2D eigenvalue weighted by atomic mass is 16.2. The number of fused-ring (bicyclic) bond motifs is 1. The highest BCUT2D eigenvalue weighted by Crippen LogP contribution is 2.60. The fourth-order valence-electron chi connectivity index (χ4n) is 6.23. The molecule has 4 fully saturated rings. The number of aryl methyl sites for hydroxylation is 2. The van der Waals surface area contributed by atoms with E-state index in [1.165, 1.54) is 24.8 Å². The number of carbonyl (C=O) groups excluding carboxylic acids is 1. The summed E-state index contributed by atoms with van der Waals surface area (Å²) in [5.74, 6) is 2.81. The summed E-state index contributed by atoms with van der Waals surface area (Å²) in [7, 11) is 0. The van der Waals surface area contributed by atoms with Crippen LogP contribution in [0, 0.1) is 30.1 Å². The predicted molar refractivity (Wildman–Crippen MR) is 99.7 cm³/mol. The van der Waals surface area contributed by atoms with Crippen LogP contribution < -0.4 is 5.32 Å². The Hall–Kier alpha value is -1.91. The number of hydrogen-bond acceptors (Lipinski definition) is 3. The lowest BCUT2D eigenvalue weighted by atomic mass is 9.49. The second-order valence-corrected chi connectivity index (χ2v) is 9.11. The minimum atomic E-state index is -0.0260. The minimum absolute atomic E-state index is 0.0260. The molecule has 0 atom stereocenters. The van der Waals surface area contributed by atoms with Crippen molar-refractivity contribution in [3.63, 3.8) is 0 Å². The number of carbonyl (C=O) groups is 1. The molecule has 4 aliphatic carbocycles. The standard InChI is InChI=1S/C21H28N4O/c1-14-5-19-23-12-15(13-25(19)24-14)3-2-4-22-20(26)21-9-16-6-17(10-21)8-18(7-16)11-21/h5,12-13,16-18H,2-4,6-11H2,1H3,(H,22,26). The molecule has 6 rings (SSSR count). The summed E-state index contributed by atoms with van der Waals surface area (Å²) >= 11 is 0. The molecule has 0 spiro atoms. The number of nitrogens with one attached hydrogen (secondary N) is 1. The van der Waals surface area contributed by atoms with Gasteiger partial charge < -0.3 is 5.32 Å². The normalized spacial score (nSPS) is 32.3. The van der Waals surface area contributed by atoms with Gasteiger partial charge >= 0.3 is 0 Å². The van der Waals surface area contributed by atoms with Crippen molar-refractivity contribution >= 4 is 11.6 Å². The number of nitrogens with zero attached hydrogens (tertiary/aromatic N) is 3. The lowest BCUT2D eigenvalue weighted by Crippen LogP contribution is -2.53. The number of amides is 1. The Morgan fingerprint density at radius 1 is 1.23 bits per heavy atom. The number of aromatic nitrogens is 3. The van der Waals surface area contributed by atoms with Crippen molar-refractivity contribution in [1.29, 1.82) is 0 Å². The van der Waals surface area contributed by atoms with Gasteiger partial charge in [0, 0.05) is 30.4 Å². The van der Waals surface area contributed by atoms with E-state index in [0.29, 0.717) is 5.91 Å². The van der Waals surface area contributed by atoms with Gasteiger partial charge in [0.05, 0.1) is 5.69 Å². The average Bonchev–Trinajstić information content (AvgIpc) is 2.96. The van der Waals surface area contributed by atoms with E-state index in [4.69, 9.17) is 0 Å². The average molecular weight is 352 g/mol. The Balaban J connectivity index is 1.16. The molecule has 0 radical (unpaired) electrons. The van der Waals surface area contributed by atoms with Gasteiger partial charge in [0.15, 0.2) is 5.65 Å². The summed E-state index contributed by atoms with van der Waals surface area (Å²) in [4.78, 5) is 17.4. The monoisotopic (exact) mass is 352 g/mol. The topological polar surface area (TPSA) is 59.3 Å². The van der Waals surface area contributed by atoms with Crippen molar-refractivity contribution in [3.8, 4) is 0 Å². The SMILES string of the molecule is Cc1cc2ncc(CCCNC(=O)C34CC5CC(CC(C5)C3)C4)cn2n1. The number of hydrogen-bond donors (Lipinski definition) is 1. The third kappa shape index (κ3) is 2.81. The van der Waals surface area contributed by atoms with Crippen molar-refractivity contribution < 1.29 is 4.79 Å². The van der Waals surface area contributed by atoms with Crippen LogP contribution in [0.3, 0.4) is 0 Å². The molecule has 1 amide bonds. The number of rotatable bonds is 5. The first-order valence-corrected chi connectivity index (χ1v) is 10.2. The third-order valence-corrected chi connectivity index (χ3v) is 6.94. The third-order valence-electron chi connectivity index (χ3n) is 6.94. The van der Waals surface area contributed by atoms with Gasteiger partial charge in [0.1, 0.15) is 0 Å². The molecule has 4 bridgehead atoms.